The predicted molar refractivity (Wildman–Crippen MR) is 63.6 cm³/mol. The first kappa shape index (κ1) is 12.1. The smallest absolute Gasteiger partial charge is 0.0867 e. The molecule has 0 fully saturated rings. The number of aliphatic hydroxyl groups is 1. The molecule has 0 aliphatic heterocycles. The van der Waals surface area contributed by atoms with Crippen LogP contribution in [-0.2, 0) is 0 Å². The van der Waals surface area contributed by atoms with Gasteiger partial charge in [-0.05, 0) is 24.0 Å². The molecule has 0 saturated carbocycles. The molecular weight excluding hydrogens is 184 g/mol. The maximum Gasteiger partial charge on any atom is 0.0867 e. The normalized spacial score (nSPS) is 17.4. The van der Waals surface area contributed by atoms with E-state index in [1.807, 2.05) is 12.2 Å². The molecule has 0 saturated heterocycles. The molecule has 0 bridgehead atoms. The molecule has 0 aromatic rings. The van der Waals surface area contributed by atoms with Crippen molar-refractivity contribution >= 4 is 0 Å². The van der Waals surface area contributed by atoms with Crippen molar-refractivity contribution in [1.29, 1.82) is 0 Å². The summed E-state index contributed by atoms with van der Waals surface area (Å²) in [4.78, 5) is 0. The Labute approximate surface area is 92.5 Å². The van der Waals surface area contributed by atoms with Crippen LogP contribution in [0.2, 0.25) is 0 Å². The lowest BCUT2D eigenvalue weighted by molar-refractivity contribution is 0.203. The highest BCUT2D eigenvalue weighted by molar-refractivity contribution is 5.36. The minimum absolute atomic E-state index is 0.102. The zero-order valence-corrected chi connectivity index (χ0v) is 10.1. The number of hydrogen-bond acceptors (Lipinski definition) is 1. The standard InChI is InChI=1S/C14H20O/c1-5-6-13(15)11-7-9-12(10-8-11)14(2,3)4/h7,9,13,15H,5-6H2,1-4H3. The van der Waals surface area contributed by atoms with Crippen LogP contribution in [0.3, 0.4) is 0 Å². The van der Waals surface area contributed by atoms with E-state index in [0.717, 1.165) is 24.0 Å². The van der Waals surface area contributed by atoms with Crippen molar-refractivity contribution in [3.8, 4) is 0 Å². The van der Waals surface area contributed by atoms with Gasteiger partial charge in [0.2, 0.25) is 0 Å². The molecular formula is C14H20O. The van der Waals surface area contributed by atoms with Crippen LogP contribution in [0.4, 0.5) is 0 Å². The van der Waals surface area contributed by atoms with Crippen molar-refractivity contribution < 1.29 is 5.11 Å². The van der Waals surface area contributed by atoms with E-state index in [1.54, 1.807) is 0 Å². The quantitative estimate of drug-likeness (QED) is 0.699. The van der Waals surface area contributed by atoms with E-state index in [-0.39, 0.29) is 11.5 Å². The van der Waals surface area contributed by atoms with Gasteiger partial charge in [-0.25, -0.2) is 0 Å². The Balaban J connectivity index is 2.95. The van der Waals surface area contributed by atoms with Gasteiger partial charge in [-0.3, -0.25) is 0 Å². The topological polar surface area (TPSA) is 20.2 Å². The van der Waals surface area contributed by atoms with Gasteiger partial charge in [0.05, 0.1) is 6.10 Å². The van der Waals surface area contributed by atoms with Crippen LogP contribution in [0.15, 0.2) is 34.8 Å². The van der Waals surface area contributed by atoms with Crippen LogP contribution in [0, 0.1) is 5.41 Å². The first-order valence-corrected chi connectivity index (χ1v) is 5.57. The highest BCUT2D eigenvalue weighted by Crippen LogP contribution is 2.27. The molecule has 0 aromatic heterocycles. The predicted octanol–water partition coefficient (Wildman–Crippen LogP) is 3.37. The van der Waals surface area contributed by atoms with Gasteiger partial charge in [0.1, 0.15) is 0 Å². The Hall–Kier alpha value is -1.00. The summed E-state index contributed by atoms with van der Waals surface area (Å²) in [5, 5.41) is 9.76. The van der Waals surface area contributed by atoms with Gasteiger partial charge in [-0.1, -0.05) is 45.6 Å². The lowest BCUT2D eigenvalue weighted by Gasteiger charge is -2.19. The summed E-state index contributed by atoms with van der Waals surface area (Å²) in [6.07, 6.45) is 5.37. The van der Waals surface area contributed by atoms with Gasteiger partial charge in [0.15, 0.2) is 0 Å². The summed E-state index contributed by atoms with van der Waals surface area (Å²) in [6.45, 7) is 8.51. The minimum atomic E-state index is -0.389. The van der Waals surface area contributed by atoms with Crippen molar-refractivity contribution in [2.45, 2.75) is 46.6 Å². The highest BCUT2D eigenvalue weighted by Gasteiger charge is 2.16. The van der Waals surface area contributed by atoms with E-state index in [1.165, 1.54) is 0 Å². The van der Waals surface area contributed by atoms with E-state index in [4.69, 9.17) is 0 Å². The Kier molecular flexibility index (Phi) is 3.77. The Morgan fingerprint density at radius 1 is 1.27 bits per heavy atom. The second-order valence-electron chi connectivity index (χ2n) is 5.01. The van der Waals surface area contributed by atoms with E-state index in [2.05, 4.69) is 39.2 Å². The van der Waals surface area contributed by atoms with Crippen molar-refractivity contribution in [3.63, 3.8) is 0 Å². The fraction of sp³-hybridized carbons (Fsp3) is 0.571. The Morgan fingerprint density at radius 3 is 2.33 bits per heavy atom. The van der Waals surface area contributed by atoms with Crippen LogP contribution in [-0.4, -0.2) is 11.2 Å². The summed E-state index contributed by atoms with van der Waals surface area (Å²) in [7, 11) is 0. The molecule has 0 amide bonds. The lowest BCUT2D eigenvalue weighted by Crippen LogP contribution is -2.11. The van der Waals surface area contributed by atoms with Crippen molar-refractivity contribution in [3.05, 3.63) is 34.8 Å². The SMILES string of the molecule is CCCC(O)C1=C=C=C(C(C)(C)C)C=C1. The maximum absolute atomic E-state index is 9.76. The van der Waals surface area contributed by atoms with Gasteiger partial charge >= 0.3 is 0 Å². The summed E-state index contributed by atoms with van der Waals surface area (Å²) in [6, 6.07) is 0. The molecule has 0 aromatic carbocycles. The molecule has 0 spiro atoms. The monoisotopic (exact) mass is 204 g/mol. The van der Waals surface area contributed by atoms with Gasteiger partial charge < -0.3 is 5.11 Å². The summed E-state index contributed by atoms with van der Waals surface area (Å²) < 4.78 is 0. The van der Waals surface area contributed by atoms with Crippen molar-refractivity contribution in [1.82, 2.24) is 0 Å². The van der Waals surface area contributed by atoms with E-state index in [0.29, 0.717) is 0 Å². The van der Waals surface area contributed by atoms with Crippen molar-refractivity contribution in [2.24, 2.45) is 5.41 Å². The maximum atomic E-state index is 9.76. The average Bonchev–Trinajstić information content (AvgIpc) is 2.17. The molecule has 1 aliphatic rings. The average molecular weight is 204 g/mol. The summed E-state index contributed by atoms with van der Waals surface area (Å²) in [5.41, 5.74) is 8.27. The van der Waals surface area contributed by atoms with Gasteiger partial charge in [-0.15, -0.1) is 0 Å². The number of aliphatic hydroxyl groups excluding tert-OH is 1. The molecule has 1 heteroatoms. The number of hydrogen-bond donors (Lipinski definition) is 1. The zero-order chi connectivity index (χ0) is 11.5. The molecule has 1 aliphatic carbocycles. The van der Waals surface area contributed by atoms with E-state index in [9.17, 15) is 5.11 Å². The summed E-state index contributed by atoms with van der Waals surface area (Å²) >= 11 is 0. The van der Waals surface area contributed by atoms with Gasteiger partial charge in [0, 0.05) is 11.1 Å². The van der Waals surface area contributed by atoms with Gasteiger partial charge in [-0.2, -0.15) is 0 Å². The molecule has 1 unspecified atom stereocenters. The van der Waals surface area contributed by atoms with Crippen LogP contribution in [0.25, 0.3) is 0 Å². The first-order valence-electron chi connectivity index (χ1n) is 5.57. The molecule has 1 atom stereocenters. The highest BCUT2D eigenvalue weighted by atomic mass is 16.3. The fourth-order valence-electron chi connectivity index (χ4n) is 1.46. The molecule has 0 heterocycles. The van der Waals surface area contributed by atoms with E-state index >= 15 is 0 Å². The van der Waals surface area contributed by atoms with Crippen LogP contribution in [0.5, 0.6) is 0 Å². The van der Waals surface area contributed by atoms with Crippen LogP contribution >= 0.6 is 0 Å². The van der Waals surface area contributed by atoms with E-state index < -0.39 is 0 Å². The third-order valence-corrected chi connectivity index (χ3v) is 2.50. The number of allylic oxidation sites excluding steroid dienone is 2. The van der Waals surface area contributed by atoms with Crippen LogP contribution < -0.4 is 0 Å². The molecule has 82 valence electrons. The molecule has 0 radical (unpaired) electrons. The Morgan fingerprint density at radius 2 is 1.93 bits per heavy atom. The number of rotatable bonds is 3. The van der Waals surface area contributed by atoms with Crippen molar-refractivity contribution in [2.75, 3.05) is 0 Å². The first-order chi connectivity index (χ1) is 6.95. The fourth-order valence-corrected chi connectivity index (χ4v) is 1.46. The molecule has 1 N–H and O–H groups in total. The second-order valence-corrected chi connectivity index (χ2v) is 5.01. The zero-order valence-electron chi connectivity index (χ0n) is 10.1. The largest absolute Gasteiger partial charge is 0.388 e. The minimum Gasteiger partial charge on any atom is -0.388 e. The summed E-state index contributed by atoms with van der Waals surface area (Å²) in [5.74, 6) is 0. The molecule has 1 rings (SSSR count). The van der Waals surface area contributed by atoms with Gasteiger partial charge in [0.25, 0.3) is 0 Å². The lowest BCUT2D eigenvalue weighted by atomic mass is 9.85. The Bertz CT molecular complexity index is 353. The second kappa shape index (κ2) is 4.68. The molecule has 1 nitrogen and oxygen atoms in total. The molecule has 15 heavy (non-hydrogen) atoms. The van der Waals surface area contributed by atoms with Crippen LogP contribution in [0.1, 0.15) is 40.5 Å². The third-order valence-electron chi connectivity index (χ3n) is 2.50. The third kappa shape index (κ3) is 3.25.